The summed E-state index contributed by atoms with van der Waals surface area (Å²) in [5, 5.41) is 10.5. The normalized spacial score (nSPS) is 17.2. The number of carbonyl (C=O) groups is 1. The Bertz CT molecular complexity index is 711. The summed E-state index contributed by atoms with van der Waals surface area (Å²) in [6.07, 6.45) is 5.26. The number of aromatic nitrogens is 2. The zero-order valence-corrected chi connectivity index (χ0v) is 14.5. The van der Waals surface area contributed by atoms with Crippen molar-refractivity contribution in [2.75, 3.05) is 13.1 Å². The number of aliphatic hydroxyl groups excluding tert-OH is 1. The predicted octanol–water partition coefficient (Wildman–Crippen LogP) is 2.47. The van der Waals surface area contributed by atoms with Gasteiger partial charge in [-0.05, 0) is 37.3 Å². The van der Waals surface area contributed by atoms with Crippen molar-refractivity contribution in [1.82, 2.24) is 14.5 Å². The smallest absolute Gasteiger partial charge is 0.289 e. The summed E-state index contributed by atoms with van der Waals surface area (Å²) in [6, 6.07) is 1.83. The van der Waals surface area contributed by atoms with E-state index in [0.29, 0.717) is 24.7 Å². The van der Waals surface area contributed by atoms with Crippen LogP contribution in [-0.2, 0) is 13.5 Å². The topological polar surface area (TPSA) is 71.5 Å². The molecule has 1 amide bonds. The van der Waals surface area contributed by atoms with E-state index in [4.69, 9.17) is 4.42 Å². The Morgan fingerprint density at radius 1 is 1.46 bits per heavy atom. The minimum atomic E-state index is -0.584. The molecule has 0 aliphatic carbocycles. The lowest BCUT2D eigenvalue weighted by Gasteiger charge is -2.33. The van der Waals surface area contributed by atoms with Gasteiger partial charge in [-0.1, -0.05) is 6.92 Å². The summed E-state index contributed by atoms with van der Waals surface area (Å²) in [5.41, 5.74) is 1.03. The van der Waals surface area contributed by atoms with Crippen LogP contribution in [0.4, 0.5) is 0 Å². The molecule has 0 aromatic carbocycles. The number of aliphatic hydroxyl groups is 1. The van der Waals surface area contributed by atoms with Crippen LogP contribution in [0.15, 0.2) is 22.9 Å². The van der Waals surface area contributed by atoms with E-state index in [9.17, 15) is 9.90 Å². The first-order valence-corrected chi connectivity index (χ1v) is 8.55. The SMILES string of the molecule is CCc1oc(C(=O)N2CCC(C(O)c3nccn3C)CC2)cc1C. The zero-order chi connectivity index (χ0) is 17.3. The summed E-state index contributed by atoms with van der Waals surface area (Å²) < 4.78 is 7.52. The van der Waals surface area contributed by atoms with Crippen molar-refractivity contribution in [3.05, 3.63) is 41.4 Å². The maximum atomic E-state index is 12.6. The fourth-order valence-corrected chi connectivity index (χ4v) is 3.42. The molecule has 130 valence electrons. The number of rotatable bonds is 4. The van der Waals surface area contributed by atoms with Gasteiger partial charge < -0.3 is 19.0 Å². The molecule has 6 nitrogen and oxygen atoms in total. The van der Waals surface area contributed by atoms with Gasteiger partial charge in [0.25, 0.3) is 5.91 Å². The lowest BCUT2D eigenvalue weighted by Crippen LogP contribution is -2.39. The number of carbonyl (C=O) groups excluding carboxylic acids is 1. The van der Waals surface area contributed by atoms with E-state index in [-0.39, 0.29) is 11.8 Å². The third-order valence-corrected chi connectivity index (χ3v) is 4.95. The number of piperidine rings is 1. The second-order valence-corrected chi connectivity index (χ2v) is 6.54. The molecule has 1 aliphatic rings. The van der Waals surface area contributed by atoms with Gasteiger partial charge in [-0.3, -0.25) is 4.79 Å². The van der Waals surface area contributed by atoms with Crippen LogP contribution >= 0.6 is 0 Å². The van der Waals surface area contributed by atoms with Crippen molar-refractivity contribution in [3.63, 3.8) is 0 Å². The molecule has 6 heteroatoms. The predicted molar refractivity (Wildman–Crippen MR) is 89.6 cm³/mol. The van der Waals surface area contributed by atoms with Crippen LogP contribution in [0.1, 0.15) is 53.6 Å². The van der Waals surface area contributed by atoms with Crippen molar-refractivity contribution in [2.24, 2.45) is 13.0 Å². The van der Waals surface area contributed by atoms with Crippen LogP contribution in [-0.4, -0.2) is 38.6 Å². The molecule has 1 fully saturated rings. The molecule has 0 radical (unpaired) electrons. The highest BCUT2D eigenvalue weighted by atomic mass is 16.4. The second kappa shape index (κ2) is 6.81. The summed E-state index contributed by atoms with van der Waals surface area (Å²) >= 11 is 0. The first-order valence-electron chi connectivity index (χ1n) is 8.55. The number of hydrogen-bond donors (Lipinski definition) is 1. The van der Waals surface area contributed by atoms with Crippen molar-refractivity contribution in [1.29, 1.82) is 0 Å². The van der Waals surface area contributed by atoms with E-state index in [1.54, 1.807) is 6.20 Å². The fraction of sp³-hybridized carbons (Fsp3) is 0.556. The van der Waals surface area contributed by atoms with Gasteiger partial charge in [0.15, 0.2) is 5.76 Å². The van der Waals surface area contributed by atoms with Crippen molar-refractivity contribution >= 4 is 5.91 Å². The Hall–Kier alpha value is -2.08. The van der Waals surface area contributed by atoms with Crippen LogP contribution in [0.5, 0.6) is 0 Å². The number of likely N-dealkylation sites (tertiary alicyclic amines) is 1. The van der Waals surface area contributed by atoms with Crippen LogP contribution in [0, 0.1) is 12.8 Å². The highest BCUT2D eigenvalue weighted by Gasteiger charge is 2.31. The summed E-state index contributed by atoms with van der Waals surface area (Å²) in [4.78, 5) is 18.6. The van der Waals surface area contributed by atoms with Crippen molar-refractivity contribution in [3.8, 4) is 0 Å². The molecule has 3 heterocycles. The third kappa shape index (κ3) is 3.11. The molecule has 1 N–H and O–H groups in total. The minimum Gasteiger partial charge on any atom is -0.456 e. The molecule has 0 bridgehead atoms. The Morgan fingerprint density at radius 3 is 2.71 bits per heavy atom. The molecular weight excluding hydrogens is 306 g/mol. The monoisotopic (exact) mass is 331 g/mol. The fourth-order valence-electron chi connectivity index (χ4n) is 3.42. The average molecular weight is 331 g/mol. The summed E-state index contributed by atoms with van der Waals surface area (Å²) in [5.74, 6) is 2.06. The van der Waals surface area contributed by atoms with E-state index in [2.05, 4.69) is 4.98 Å². The summed E-state index contributed by atoms with van der Waals surface area (Å²) in [7, 11) is 1.88. The Balaban J connectivity index is 1.62. The molecule has 0 spiro atoms. The Kier molecular flexibility index (Phi) is 4.76. The maximum absolute atomic E-state index is 12.6. The highest BCUT2D eigenvalue weighted by molar-refractivity contribution is 5.91. The first-order chi connectivity index (χ1) is 11.5. The molecule has 2 aromatic rings. The Morgan fingerprint density at radius 2 is 2.17 bits per heavy atom. The van der Waals surface area contributed by atoms with Gasteiger partial charge in [-0.2, -0.15) is 0 Å². The second-order valence-electron chi connectivity index (χ2n) is 6.54. The standard InChI is InChI=1S/C18H25N3O3/c1-4-14-12(2)11-15(24-14)18(23)21-8-5-13(6-9-21)16(22)17-19-7-10-20(17)3/h7,10-11,13,16,22H,4-6,8-9H2,1-3H3. The van der Waals surface area contributed by atoms with Gasteiger partial charge in [0.05, 0.1) is 0 Å². The van der Waals surface area contributed by atoms with Crippen molar-refractivity contribution in [2.45, 2.75) is 39.2 Å². The number of hydrogen-bond acceptors (Lipinski definition) is 4. The van der Waals surface area contributed by atoms with Gasteiger partial charge in [0.1, 0.15) is 17.7 Å². The molecular formula is C18H25N3O3. The molecule has 3 rings (SSSR count). The molecule has 1 atom stereocenters. The van der Waals surface area contributed by atoms with Crippen LogP contribution in [0.3, 0.4) is 0 Å². The van der Waals surface area contributed by atoms with E-state index >= 15 is 0 Å². The Labute approximate surface area is 142 Å². The number of imidazole rings is 1. The van der Waals surface area contributed by atoms with E-state index in [1.165, 1.54) is 0 Å². The zero-order valence-electron chi connectivity index (χ0n) is 14.5. The molecule has 2 aromatic heterocycles. The summed E-state index contributed by atoms with van der Waals surface area (Å²) in [6.45, 7) is 5.25. The minimum absolute atomic E-state index is 0.0530. The quantitative estimate of drug-likeness (QED) is 0.934. The van der Waals surface area contributed by atoms with Crippen molar-refractivity contribution < 1.29 is 14.3 Å². The molecule has 1 aliphatic heterocycles. The van der Waals surface area contributed by atoms with Gasteiger partial charge >= 0.3 is 0 Å². The molecule has 24 heavy (non-hydrogen) atoms. The van der Waals surface area contributed by atoms with Crippen LogP contribution in [0.2, 0.25) is 0 Å². The van der Waals surface area contributed by atoms with Crippen LogP contribution in [0.25, 0.3) is 0 Å². The lowest BCUT2D eigenvalue weighted by atomic mass is 9.90. The highest BCUT2D eigenvalue weighted by Crippen LogP contribution is 2.30. The number of amides is 1. The third-order valence-electron chi connectivity index (χ3n) is 4.95. The largest absolute Gasteiger partial charge is 0.456 e. The number of nitrogens with zero attached hydrogens (tertiary/aromatic N) is 3. The number of aryl methyl sites for hydroxylation is 3. The maximum Gasteiger partial charge on any atom is 0.289 e. The van der Waals surface area contributed by atoms with E-state index < -0.39 is 6.10 Å². The molecule has 1 saturated heterocycles. The average Bonchev–Trinajstić information content (AvgIpc) is 3.19. The van der Waals surface area contributed by atoms with Crippen LogP contribution < -0.4 is 0 Å². The van der Waals surface area contributed by atoms with Gasteiger partial charge in [-0.25, -0.2) is 4.98 Å². The lowest BCUT2D eigenvalue weighted by molar-refractivity contribution is 0.0402. The van der Waals surface area contributed by atoms with Gasteiger partial charge in [-0.15, -0.1) is 0 Å². The number of furan rings is 1. The van der Waals surface area contributed by atoms with Gasteiger partial charge in [0, 0.05) is 39.0 Å². The first kappa shape index (κ1) is 16.8. The molecule has 1 unspecified atom stereocenters. The van der Waals surface area contributed by atoms with E-state index in [1.807, 2.05) is 42.6 Å². The van der Waals surface area contributed by atoms with Gasteiger partial charge in [0.2, 0.25) is 0 Å². The van der Waals surface area contributed by atoms with E-state index in [0.717, 1.165) is 30.6 Å². The molecule has 0 saturated carbocycles.